The van der Waals surface area contributed by atoms with Crippen LogP contribution in [0, 0.1) is 11.8 Å². The van der Waals surface area contributed by atoms with Crippen molar-refractivity contribution in [1.29, 1.82) is 0 Å². The van der Waals surface area contributed by atoms with Gasteiger partial charge in [-0.15, -0.1) is 0 Å². The molecular weight excluding hydrogens is 324 g/mol. The first kappa shape index (κ1) is 15.5. The number of aliphatic hydroxyl groups is 1. The average Bonchev–Trinajstić information content (AvgIpc) is 3.21. The fourth-order valence-electron chi connectivity index (χ4n) is 4.00. The van der Waals surface area contributed by atoms with Crippen molar-refractivity contribution < 1.29 is 9.90 Å². The summed E-state index contributed by atoms with van der Waals surface area (Å²) in [5.74, 6) is 0.557. The molecule has 1 aromatic carbocycles. The van der Waals surface area contributed by atoms with Crippen LogP contribution in [-0.4, -0.2) is 20.4 Å². The van der Waals surface area contributed by atoms with Crippen LogP contribution in [0.3, 0.4) is 0 Å². The van der Waals surface area contributed by atoms with E-state index in [-0.39, 0.29) is 23.4 Å². The summed E-state index contributed by atoms with van der Waals surface area (Å²) in [4.78, 5) is 16.9. The van der Waals surface area contributed by atoms with Crippen molar-refractivity contribution in [2.75, 3.05) is 0 Å². The summed E-state index contributed by atoms with van der Waals surface area (Å²) in [5.41, 5.74) is 3.25. The fourth-order valence-corrected chi connectivity index (χ4v) is 4.19. The van der Waals surface area contributed by atoms with Crippen LogP contribution in [0.1, 0.15) is 37.3 Å². The number of fused-ring (bicyclic) bond motifs is 2. The number of aryl methyl sites for hydroxylation is 1. The van der Waals surface area contributed by atoms with Gasteiger partial charge in [-0.1, -0.05) is 24.6 Å². The molecule has 1 N–H and O–H groups in total. The minimum Gasteiger partial charge on any atom is -0.511 e. The Bertz CT molecular complexity index is 853. The third kappa shape index (κ3) is 2.28. The van der Waals surface area contributed by atoms with Crippen LogP contribution >= 0.6 is 11.6 Å². The summed E-state index contributed by atoms with van der Waals surface area (Å²) in [6.07, 6.45) is 6.60. The third-order valence-corrected chi connectivity index (χ3v) is 5.59. The lowest BCUT2D eigenvalue weighted by Gasteiger charge is -2.23. The number of carbonyl (C=O) groups excluding carboxylic acids is 1. The van der Waals surface area contributed by atoms with Gasteiger partial charge in [-0.2, -0.15) is 0 Å². The van der Waals surface area contributed by atoms with Crippen molar-refractivity contribution >= 4 is 23.0 Å². The van der Waals surface area contributed by atoms with Crippen molar-refractivity contribution in [2.24, 2.45) is 11.8 Å². The molecule has 24 heavy (non-hydrogen) atoms. The highest BCUT2D eigenvalue weighted by Gasteiger charge is 2.41. The molecule has 0 unspecified atom stereocenters. The van der Waals surface area contributed by atoms with E-state index in [1.807, 2.05) is 18.2 Å². The van der Waals surface area contributed by atoms with E-state index in [1.54, 1.807) is 17.1 Å². The number of hydrogen-bond acceptors (Lipinski definition) is 3. The number of aromatic nitrogens is 2. The monoisotopic (exact) mass is 342 g/mol. The Morgan fingerprint density at radius 3 is 2.83 bits per heavy atom. The summed E-state index contributed by atoms with van der Waals surface area (Å²) in [6, 6.07) is 5.92. The molecule has 5 heteroatoms. The normalized spacial score (nSPS) is 23.2. The van der Waals surface area contributed by atoms with Gasteiger partial charge in [-0.3, -0.25) is 9.36 Å². The lowest BCUT2D eigenvalue weighted by atomic mass is 9.81. The number of carbonyl (C=O) groups is 1. The second-order valence-electron chi connectivity index (χ2n) is 6.61. The first-order valence-electron chi connectivity index (χ1n) is 8.39. The van der Waals surface area contributed by atoms with E-state index in [9.17, 15) is 9.90 Å². The Labute approximate surface area is 145 Å². The van der Waals surface area contributed by atoms with Gasteiger partial charge in [0.15, 0.2) is 5.78 Å². The molecule has 0 saturated heterocycles. The molecule has 1 saturated carbocycles. The van der Waals surface area contributed by atoms with Gasteiger partial charge < -0.3 is 5.11 Å². The molecule has 1 fully saturated rings. The van der Waals surface area contributed by atoms with Gasteiger partial charge in [0.2, 0.25) is 0 Å². The minimum absolute atomic E-state index is 0.0612. The molecule has 4 rings (SSSR count). The molecule has 0 spiro atoms. The Hall–Kier alpha value is -2.07. The molecule has 124 valence electrons. The largest absolute Gasteiger partial charge is 0.511 e. The smallest absolute Gasteiger partial charge is 0.169 e. The first-order chi connectivity index (χ1) is 11.6. The van der Waals surface area contributed by atoms with Crippen molar-refractivity contribution in [3.8, 4) is 5.69 Å². The topological polar surface area (TPSA) is 55.1 Å². The van der Waals surface area contributed by atoms with E-state index >= 15 is 0 Å². The maximum Gasteiger partial charge on any atom is 0.169 e. The molecule has 0 aliphatic heterocycles. The lowest BCUT2D eigenvalue weighted by molar-refractivity contribution is -0.117. The highest BCUT2D eigenvalue weighted by atomic mass is 35.5. The maximum absolute atomic E-state index is 12.9. The number of halogens is 1. The van der Waals surface area contributed by atoms with Crippen LogP contribution in [0.15, 0.2) is 36.5 Å². The SMILES string of the molecule is CCc1ccc(-n2cncc2Cl)cc1C1=C(O)[C@@H]2CC[C@@H](C2)C1=O. The summed E-state index contributed by atoms with van der Waals surface area (Å²) < 4.78 is 1.77. The summed E-state index contributed by atoms with van der Waals surface area (Å²) in [5, 5.41) is 11.2. The zero-order chi connectivity index (χ0) is 16.8. The molecule has 2 aromatic rings. The number of ketones is 1. The van der Waals surface area contributed by atoms with Gasteiger partial charge in [0.25, 0.3) is 0 Å². The van der Waals surface area contributed by atoms with Crippen molar-refractivity contribution in [3.05, 3.63) is 52.8 Å². The summed E-state index contributed by atoms with van der Waals surface area (Å²) >= 11 is 6.17. The van der Waals surface area contributed by atoms with Gasteiger partial charge in [-0.05, 0) is 48.9 Å². The van der Waals surface area contributed by atoms with E-state index in [4.69, 9.17) is 11.6 Å². The van der Waals surface area contributed by atoms with Crippen molar-refractivity contribution in [1.82, 2.24) is 9.55 Å². The molecule has 1 aromatic heterocycles. The maximum atomic E-state index is 12.9. The number of allylic oxidation sites excluding steroid dienone is 2. The van der Waals surface area contributed by atoms with E-state index < -0.39 is 0 Å². The number of imidazole rings is 1. The number of benzene rings is 1. The molecule has 0 amide bonds. The summed E-state index contributed by atoms with van der Waals surface area (Å²) in [7, 11) is 0. The molecule has 1 heterocycles. The van der Waals surface area contributed by atoms with Crippen LogP contribution in [0.4, 0.5) is 0 Å². The molecule has 2 bridgehead atoms. The second-order valence-corrected chi connectivity index (χ2v) is 7.00. The predicted molar refractivity (Wildman–Crippen MR) is 93.3 cm³/mol. The molecule has 4 nitrogen and oxygen atoms in total. The van der Waals surface area contributed by atoms with Crippen LogP contribution in [-0.2, 0) is 11.2 Å². The number of rotatable bonds is 3. The quantitative estimate of drug-likeness (QED) is 0.901. The van der Waals surface area contributed by atoms with Gasteiger partial charge >= 0.3 is 0 Å². The van der Waals surface area contributed by atoms with Crippen LogP contribution in [0.2, 0.25) is 5.15 Å². The Balaban J connectivity index is 1.89. The third-order valence-electron chi connectivity index (χ3n) is 5.31. The molecule has 2 atom stereocenters. The fraction of sp³-hybridized carbons (Fsp3) is 0.368. The number of Topliss-reactive ketones (excluding diaryl/α,β-unsaturated/α-hetero) is 1. The van der Waals surface area contributed by atoms with Crippen LogP contribution < -0.4 is 0 Å². The Kier molecular flexibility index (Phi) is 3.72. The summed E-state index contributed by atoms with van der Waals surface area (Å²) in [6.45, 7) is 2.06. The molecule has 0 radical (unpaired) electrons. The average molecular weight is 343 g/mol. The zero-order valence-electron chi connectivity index (χ0n) is 13.5. The van der Waals surface area contributed by atoms with E-state index in [0.29, 0.717) is 10.7 Å². The molecular formula is C19H19ClN2O2. The van der Waals surface area contributed by atoms with E-state index in [1.165, 1.54) is 0 Å². The van der Waals surface area contributed by atoms with Crippen LogP contribution in [0.25, 0.3) is 11.3 Å². The Morgan fingerprint density at radius 1 is 1.33 bits per heavy atom. The molecule has 2 aliphatic rings. The van der Waals surface area contributed by atoms with Gasteiger partial charge in [0.1, 0.15) is 17.2 Å². The molecule has 2 aliphatic carbocycles. The van der Waals surface area contributed by atoms with Crippen molar-refractivity contribution in [3.63, 3.8) is 0 Å². The zero-order valence-corrected chi connectivity index (χ0v) is 14.3. The van der Waals surface area contributed by atoms with Crippen LogP contribution in [0.5, 0.6) is 0 Å². The first-order valence-corrected chi connectivity index (χ1v) is 8.76. The second kappa shape index (κ2) is 5.78. The highest BCUT2D eigenvalue weighted by molar-refractivity contribution is 6.29. The highest BCUT2D eigenvalue weighted by Crippen LogP contribution is 2.46. The van der Waals surface area contributed by atoms with E-state index in [2.05, 4.69) is 11.9 Å². The van der Waals surface area contributed by atoms with Gasteiger partial charge in [-0.25, -0.2) is 4.98 Å². The number of aliphatic hydroxyl groups excluding tert-OH is 1. The predicted octanol–water partition coefficient (Wildman–Crippen LogP) is 4.36. The van der Waals surface area contributed by atoms with Gasteiger partial charge in [0.05, 0.1) is 11.8 Å². The Morgan fingerprint density at radius 2 is 2.12 bits per heavy atom. The van der Waals surface area contributed by atoms with E-state index in [0.717, 1.165) is 42.5 Å². The van der Waals surface area contributed by atoms with Gasteiger partial charge in [0, 0.05) is 17.5 Å². The lowest BCUT2D eigenvalue weighted by Crippen LogP contribution is -2.22. The number of hydrogen-bond donors (Lipinski definition) is 1. The number of nitrogens with zero attached hydrogens (tertiary/aromatic N) is 2. The van der Waals surface area contributed by atoms with Crippen molar-refractivity contribution in [2.45, 2.75) is 32.6 Å². The minimum atomic E-state index is 0.0612. The standard InChI is InChI=1S/C19H19ClN2O2/c1-2-11-5-6-14(22-10-21-9-16(22)20)8-15(11)17-18(23)12-3-4-13(7-12)19(17)24/h5-6,8-10,12-13,23H,2-4,7H2,1H3/t12-,13+/m1/s1.